The van der Waals surface area contributed by atoms with Crippen LogP contribution in [-0.4, -0.2) is 37.7 Å². The summed E-state index contributed by atoms with van der Waals surface area (Å²) in [6.45, 7) is 6.10. The standard InChI is InChI=1S/C29H31BrN4O5/c1-18(2)22-11-9-20(10-12-22)15-31-28(36)29(37)34-32-16-21-13-23(30)27(25(14-21)38-4)39-17-26(35)33-24-8-6-5-7-19(24)3/h5-14,16,18H,15,17H2,1-4H3,(H,31,36)(H,33,35)(H,34,37)/b32-16-. The summed E-state index contributed by atoms with van der Waals surface area (Å²) in [5.74, 6) is -0.918. The van der Waals surface area contributed by atoms with Crippen LogP contribution in [-0.2, 0) is 20.9 Å². The van der Waals surface area contributed by atoms with Gasteiger partial charge < -0.3 is 20.1 Å². The number of nitrogens with one attached hydrogen (secondary N) is 3. The van der Waals surface area contributed by atoms with Crippen LogP contribution in [0.5, 0.6) is 11.5 Å². The fraction of sp³-hybridized carbons (Fsp3) is 0.241. The molecule has 0 fully saturated rings. The number of rotatable bonds is 10. The van der Waals surface area contributed by atoms with Crippen LogP contribution in [0.4, 0.5) is 5.69 Å². The molecule has 0 spiro atoms. The van der Waals surface area contributed by atoms with E-state index in [1.54, 1.807) is 12.1 Å². The highest BCUT2D eigenvalue weighted by Gasteiger charge is 2.15. The molecule has 204 valence electrons. The van der Waals surface area contributed by atoms with Gasteiger partial charge in [0.1, 0.15) is 0 Å². The van der Waals surface area contributed by atoms with Crippen LogP contribution in [0.25, 0.3) is 0 Å². The molecule has 0 aromatic heterocycles. The van der Waals surface area contributed by atoms with Crippen LogP contribution in [0.15, 0.2) is 70.2 Å². The maximum absolute atomic E-state index is 12.4. The molecule has 0 aliphatic heterocycles. The second-order valence-electron chi connectivity index (χ2n) is 8.96. The number of hydrogen-bond acceptors (Lipinski definition) is 6. The van der Waals surface area contributed by atoms with Crippen LogP contribution >= 0.6 is 15.9 Å². The third kappa shape index (κ3) is 8.68. The molecule has 0 atom stereocenters. The van der Waals surface area contributed by atoms with Crippen molar-refractivity contribution in [1.29, 1.82) is 0 Å². The van der Waals surface area contributed by atoms with Gasteiger partial charge in [-0.15, -0.1) is 0 Å². The molecule has 0 heterocycles. The average Bonchev–Trinajstić information content (AvgIpc) is 2.92. The molecule has 0 saturated heterocycles. The molecule has 0 unspecified atom stereocenters. The first-order valence-corrected chi connectivity index (χ1v) is 13.0. The topological polar surface area (TPSA) is 118 Å². The zero-order chi connectivity index (χ0) is 28.4. The Bertz CT molecular complexity index is 1360. The first-order chi connectivity index (χ1) is 18.7. The van der Waals surface area contributed by atoms with E-state index in [9.17, 15) is 14.4 Å². The third-order valence-corrected chi connectivity index (χ3v) is 6.29. The van der Waals surface area contributed by atoms with Crippen molar-refractivity contribution in [1.82, 2.24) is 10.7 Å². The molecule has 3 amide bonds. The Hall–Kier alpha value is -4.18. The van der Waals surface area contributed by atoms with Crippen molar-refractivity contribution in [3.8, 4) is 11.5 Å². The van der Waals surface area contributed by atoms with Crippen molar-refractivity contribution in [2.24, 2.45) is 5.10 Å². The Morgan fingerprint density at radius 2 is 1.74 bits per heavy atom. The van der Waals surface area contributed by atoms with E-state index in [2.05, 4.69) is 50.9 Å². The van der Waals surface area contributed by atoms with Gasteiger partial charge in [0.15, 0.2) is 18.1 Å². The number of hydrogen-bond donors (Lipinski definition) is 3. The predicted molar refractivity (Wildman–Crippen MR) is 154 cm³/mol. The Morgan fingerprint density at radius 3 is 2.41 bits per heavy atom. The number of halogens is 1. The minimum Gasteiger partial charge on any atom is -0.493 e. The molecule has 0 aliphatic carbocycles. The number of ether oxygens (including phenoxy) is 2. The van der Waals surface area contributed by atoms with E-state index in [1.807, 2.05) is 55.5 Å². The first-order valence-electron chi connectivity index (χ1n) is 12.2. The van der Waals surface area contributed by atoms with Crippen molar-refractivity contribution in [2.45, 2.75) is 33.2 Å². The summed E-state index contributed by atoms with van der Waals surface area (Å²) in [6, 6.07) is 18.6. The zero-order valence-corrected chi connectivity index (χ0v) is 23.8. The first kappa shape index (κ1) is 29.4. The molecule has 39 heavy (non-hydrogen) atoms. The van der Waals surface area contributed by atoms with Crippen LogP contribution in [0.3, 0.4) is 0 Å². The second-order valence-corrected chi connectivity index (χ2v) is 9.82. The van der Waals surface area contributed by atoms with Gasteiger partial charge in [0, 0.05) is 12.2 Å². The van der Waals surface area contributed by atoms with Crippen molar-refractivity contribution < 1.29 is 23.9 Å². The van der Waals surface area contributed by atoms with E-state index in [0.717, 1.165) is 11.1 Å². The molecule has 9 nitrogen and oxygen atoms in total. The fourth-order valence-corrected chi connectivity index (χ4v) is 4.06. The lowest BCUT2D eigenvalue weighted by molar-refractivity contribution is -0.139. The lowest BCUT2D eigenvalue weighted by Gasteiger charge is -2.14. The minimum atomic E-state index is -0.893. The maximum atomic E-state index is 12.4. The van der Waals surface area contributed by atoms with Gasteiger partial charge in [0.25, 0.3) is 5.91 Å². The number of benzene rings is 3. The van der Waals surface area contributed by atoms with E-state index in [4.69, 9.17) is 9.47 Å². The molecular weight excluding hydrogens is 564 g/mol. The molecule has 3 rings (SSSR count). The summed E-state index contributed by atoms with van der Waals surface area (Å²) in [5.41, 5.74) is 6.50. The summed E-state index contributed by atoms with van der Waals surface area (Å²) in [5, 5.41) is 9.23. The molecule has 3 aromatic carbocycles. The van der Waals surface area contributed by atoms with Crippen LogP contribution in [0.2, 0.25) is 0 Å². The average molecular weight is 595 g/mol. The highest BCUT2D eigenvalue weighted by molar-refractivity contribution is 9.10. The van der Waals surface area contributed by atoms with E-state index < -0.39 is 11.8 Å². The van der Waals surface area contributed by atoms with Crippen molar-refractivity contribution in [2.75, 3.05) is 19.0 Å². The fourth-order valence-electron chi connectivity index (χ4n) is 3.49. The SMILES string of the molecule is COc1cc(/C=N\NC(=O)C(=O)NCc2ccc(C(C)C)cc2)cc(Br)c1OCC(=O)Nc1ccccc1C. The largest absolute Gasteiger partial charge is 0.493 e. The summed E-state index contributed by atoms with van der Waals surface area (Å²) in [7, 11) is 1.46. The summed E-state index contributed by atoms with van der Waals surface area (Å²) in [4.78, 5) is 36.6. The van der Waals surface area contributed by atoms with Gasteiger partial charge in [0.05, 0.1) is 17.8 Å². The third-order valence-electron chi connectivity index (χ3n) is 5.70. The molecule has 0 aliphatic rings. The molecule has 0 bridgehead atoms. The molecule has 3 aromatic rings. The van der Waals surface area contributed by atoms with Crippen LogP contribution in [0.1, 0.15) is 42.0 Å². The smallest absolute Gasteiger partial charge is 0.329 e. The summed E-state index contributed by atoms with van der Waals surface area (Å²) >= 11 is 3.42. The Kier molecular flexibility index (Phi) is 10.6. The van der Waals surface area contributed by atoms with E-state index in [1.165, 1.54) is 18.9 Å². The normalized spacial score (nSPS) is 10.8. The van der Waals surface area contributed by atoms with Crippen molar-refractivity contribution >= 4 is 45.6 Å². The molecule has 0 saturated carbocycles. The van der Waals surface area contributed by atoms with Crippen LogP contribution in [0, 0.1) is 6.92 Å². The maximum Gasteiger partial charge on any atom is 0.329 e. The van der Waals surface area contributed by atoms with Gasteiger partial charge in [-0.05, 0) is 69.2 Å². The minimum absolute atomic E-state index is 0.225. The van der Waals surface area contributed by atoms with Gasteiger partial charge in [-0.3, -0.25) is 14.4 Å². The Labute approximate surface area is 236 Å². The predicted octanol–water partition coefficient (Wildman–Crippen LogP) is 4.67. The van der Waals surface area contributed by atoms with Gasteiger partial charge >= 0.3 is 11.8 Å². The van der Waals surface area contributed by atoms with E-state index >= 15 is 0 Å². The van der Waals surface area contributed by atoms with Crippen molar-refractivity contribution in [3.05, 3.63) is 87.4 Å². The number of carbonyl (C=O) groups excluding carboxylic acids is 3. The summed E-state index contributed by atoms with van der Waals surface area (Å²) < 4.78 is 11.6. The zero-order valence-electron chi connectivity index (χ0n) is 22.2. The highest BCUT2D eigenvalue weighted by Crippen LogP contribution is 2.36. The number of carbonyl (C=O) groups is 3. The number of nitrogens with zero attached hydrogens (tertiary/aromatic N) is 1. The lowest BCUT2D eigenvalue weighted by Crippen LogP contribution is -2.37. The number of methoxy groups -OCH3 is 1. The van der Waals surface area contributed by atoms with Gasteiger partial charge in [0.2, 0.25) is 0 Å². The number of para-hydroxylation sites is 1. The van der Waals surface area contributed by atoms with Gasteiger partial charge in [-0.25, -0.2) is 5.43 Å². The molecule has 0 radical (unpaired) electrons. The Morgan fingerprint density at radius 1 is 1.03 bits per heavy atom. The number of anilines is 1. The number of amides is 3. The summed E-state index contributed by atoms with van der Waals surface area (Å²) in [6.07, 6.45) is 1.36. The van der Waals surface area contributed by atoms with E-state index in [-0.39, 0.29) is 19.1 Å². The van der Waals surface area contributed by atoms with Gasteiger partial charge in [-0.2, -0.15) is 5.10 Å². The number of aryl methyl sites for hydroxylation is 1. The van der Waals surface area contributed by atoms with Gasteiger partial charge in [-0.1, -0.05) is 56.3 Å². The quantitative estimate of drug-likeness (QED) is 0.179. The monoisotopic (exact) mass is 594 g/mol. The number of hydrazone groups is 1. The second kappa shape index (κ2) is 14.1. The van der Waals surface area contributed by atoms with Crippen molar-refractivity contribution in [3.63, 3.8) is 0 Å². The van der Waals surface area contributed by atoms with E-state index in [0.29, 0.717) is 33.1 Å². The Balaban J connectivity index is 1.53. The molecular formula is C29H31BrN4O5. The molecule has 3 N–H and O–H groups in total. The highest BCUT2D eigenvalue weighted by atomic mass is 79.9. The molecule has 10 heteroatoms. The van der Waals surface area contributed by atoms with Crippen LogP contribution < -0.4 is 25.5 Å². The lowest BCUT2D eigenvalue weighted by atomic mass is 10.0.